The molecule has 0 aliphatic heterocycles. The van der Waals surface area contributed by atoms with Gasteiger partial charge in [-0.05, 0) is 6.07 Å². The fraction of sp³-hybridized carbons (Fsp3) is 0. The van der Waals surface area contributed by atoms with E-state index in [1.54, 1.807) is 0 Å². The van der Waals surface area contributed by atoms with Crippen LogP contribution in [0.15, 0.2) is 25.2 Å². The number of carbonyl (C=O) groups excluding carboxylic acids is 1. The molecule has 0 saturated heterocycles. The maximum absolute atomic E-state index is 12.0. The molecular formula is C10H6Cl2N4O. The minimum absolute atomic E-state index is 0.0422. The Kier molecular flexibility index (Phi) is 3.21. The van der Waals surface area contributed by atoms with Crippen LogP contribution in [0, 0.1) is 0 Å². The summed E-state index contributed by atoms with van der Waals surface area (Å²) < 4.78 is 0. The fourth-order valence-electron chi connectivity index (χ4n) is 1.18. The number of nitrogens with one attached hydrogen (secondary N) is 1. The van der Waals surface area contributed by atoms with Crippen LogP contribution in [0.4, 0.5) is 0 Å². The first-order chi connectivity index (χ1) is 8.11. The number of aromatic nitrogens is 4. The molecule has 5 nitrogen and oxygen atoms in total. The van der Waals surface area contributed by atoms with E-state index in [1.807, 2.05) is 0 Å². The maximum atomic E-state index is 12.0. The van der Waals surface area contributed by atoms with E-state index < -0.39 is 5.78 Å². The van der Waals surface area contributed by atoms with Gasteiger partial charge in [0.05, 0.1) is 15.6 Å². The Bertz CT molecular complexity index is 580. The second-order valence-corrected chi connectivity index (χ2v) is 3.88. The van der Waals surface area contributed by atoms with Gasteiger partial charge in [0.25, 0.3) is 0 Å². The number of nitrogens with zero attached hydrogens (tertiary/aromatic N) is 3. The topological polar surface area (TPSA) is 71.5 Å². The summed E-state index contributed by atoms with van der Waals surface area (Å²) in [7, 11) is 0. The summed E-state index contributed by atoms with van der Waals surface area (Å²) in [5, 5.41) is 6.52. The predicted octanol–water partition coefficient (Wildman–Crippen LogP) is 2.40. The minimum atomic E-state index is -0.450. The van der Waals surface area contributed by atoms with Crippen LogP contribution in [0.25, 0.3) is 5.57 Å². The Hall–Kier alpha value is -1.72. The van der Waals surface area contributed by atoms with Crippen molar-refractivity contribution >= 4 is 34.6 Å². The van der Waals surface area contributed by atoms with E-state index in [1.165, 1.54) is 18.6 Å². The highest BCUT2D eigenvalue weighted by Gasteiger charge is 2.19. The van der Waals surface area contributed by atoms with Gasteiger partial charge in [0, 0.05) is 6.20 Å². The third-order valence-corrected chi connectivity index (χ3v) is 2.83. The summed E-state index contributed by atoms with van der Waals surface area (Å²) in [6.07, 6.45) is 2.68. The highest BCUT2D eigenvalue weighted by Crippen LogP contribution is 2.26. The summed E-state index contributed by atoms with van der Waals surface area (Å²) in [6, 6.07) is 1.50. The van der Waals surface area contributed by atoms with Crippen LogP contribution in [0.2, 0.25) is 10.0 Å². The van der Waals surface area contributed by atoms with Gasteiger partial charge < -0.3 is 0 Å². The van der Waals surface area contributed by atoms with Crippen molar-refractivity contribution < 1.29 is 4.79 Å². The molecule has 1 N–H and O–H groups in total. The number of H-pyrrole nitrogens is 1. The largest absolute Gasteiger partial charge is 0.287 e. The summed E-state index contributed by atoms with van der Waals surface area (Å²) in [4.78, 5) is 19.7. The predicted molar refractivity (Wildman–Crippen MR) is 64.0 cm³/mol. The van der Waals surface area contributed by atoms with Gasteiger partial charge in [-0.2, -0.15) is 5.10 Å². The maximum Gasteiger partial charge on any atom is 0.216 e. The smallest absolute Gasteiger partial charge is 0.216 e. The molecule has 0 spiro atoms. The Balaban J connectivity index is 2.38. The lowest BCUT2D eigenvalue weighted by Gasteiger charge is -2.04. The SMILES string of the molecule is C=C(C(=O)c1nccc(Cl)c1Cl)c1ncn[nH]1. The molecule has 0 fully saturated rings. The zero-order chi connectivity index (χ0) is 12.4. The summed E-state index contributed by atoms with van der Waals surface area (Å²) in [5.41, 5.74) is 0.166. The van der Waals surface area contributed by atoms with Gasteiger partial charge in [0.2, 0.25) is 5.78 Å². The van der Waals surface area contributed by atoms with Crippen molar-refractivity contribution in [2.24, 2.45) is 0 Å². The molecular weight excluding hydrogens is 263 g/mol. The van der Waals surface area contributed by atoms with E-state index in [4.69, 9.17) is 23.2 Å². The van der Waals surface area contributed by atoms with Gasteiger partial charge >= 0.3 is 0 Å². The van der Waals surface area contributed by atoms with Gasteiger partial charge in [-0.15, -0.1) is 0 Å². The van der Waals surface area contributed by atoms with Crippen molar-refractivity contribution in [3.05, 3.63) is 46.7 Å². The van der Waals surface area contributed by atoms with Crippen molar-refractivity contribution in [3.8, 4) is 0 Å². The molecule has 0 aliphatic carbocycles. The van der Waals surface area contributed by atoms with Crippen LogP contribution in [-0.4, -0.2) is 25.9 Å². The third-order valence-electron chi connectivity index (χ3n) is 2.03. The van der Waals surface area contributed by atoms with Crippen molar-refractivity contribution in [2.45, 2.75) is 0 Å². The van der Waals surface area contributed by atoms with Gasteiger partial charge in [-0.25, -0.2) is 4.98 Å². The molecule has 0 bridgehead atoms. The van der Waals surface area contributed by atoms with Crippen LogP contribution < -0.4 is 0 Å². The number of rotatable bonds is 3. The zero-order valence-corrected chi connectivity index (χ0v) is 9.96. The van der Waals surface area contributed by atoms with Crippen LogP contribution in [0.5, 0.6) is 0 Å². The Morgan fingerprint density at radius 2 is 2.12 bits per heavy atom. The van der Waals surface area contributed by atoms with Gasteiger partial charge in [0.15, 0.2) is 5.82 Å². The molecule has 0 amide bonds. The minimum Gasteiger partial charge on any atom is -0.287 e. The van der Waals surface area contributed by atoms with E-state index >= 15 is 0 Å². The summed E-state index contributed by atoms with van der Waals surface area (Å²) in [6.45, 7) is 3.62. The van der Waals surface area contributed by atoms with Crippen LogP contribution in [0.3, 0.4) is 0 Å². The number of hydrogen-bond acceptors (Lipinski definition) is 4. The lowest BCUT2D eigenvalue weighted by Crippen LogP contribution is -2.06. The normalized spacial score (nSPS) is 10.2. The molecule has 0 unspecified atom stereocenters. The Labute approximate surface area is 106 Å². The van der Waals surface area contributed by atoms with Crippen LogP contribution in [0.1, 0.15) is 16.3 Å². The molecule has 2 aromatic rings. The molecule has 0 saturated carbocycles. The van der Waals surface area contributed by atoms with Crippen molar-refractivity contribution in [3.63, 3.8) is 0 Å². The van der Waals surface area contributed by atoms with Gasteiger partial charge in [0.1, 0.15) is 12.0 Å². The number of Topliss-reactive ketones (excluding diaryl/α,β-unsaturated/α-hetero) is 1. The number of aromatic amines is 1. The van der Waals surface area contributed by atoms with Crippen molar-refractivity contribution in [2.75, 3.05) is 0 Å². The average Bonchev–Trinajstić information content (AvgIpc) is 2.84. The van der Waals surface area contributed by atoms with E-state index in [2.05, 4.69) is 26.7 Å². The van der Waals surface area contributed by atoms with Crippen molar-refractivity contribution in [1.29, 1.82) is 0 Å². The third kappa shape index (κ3) is 2.20. The molecule has 7 heteroatoms. The lowest BCUT2D eigenvalue weighted by atomic mass is 10.1. The Morgan fingerprint density at radius 3 is 2.76 bits per heavy atom. The standard InChI is InChI=1S/C10H6Cl2N4O/c1-5(10-14-4-15-16-10)9(17)8-7(12)6(11)2-3-13-8/h2-4H,1H2,(H,14,15,16). The number of carbonyl (C=O) groups is 1. The van der Waals surface area contributed by atoms with Gasteiger partial charge in [-0.1, -0.05) is 29.8 Å². The lowest BCUT2D eigenvalue weighted by molar-refractivity contribution is 0.105. The van der Waals surface area contributed by atoms with E-state index in [-0.39, 0.29) is 27.1 Å². The highest BCUT2D eigenvalue weighted by molar-refractivity contribution is 6.45. The second kappa shape index (κ2) is 4.65. The summed E-state index contributed by atoms with van der Waals surface area (Å²) in [5.74, 6) is -0.179. The zero-order valence-electron chi connectivity index (χ0n) is 8.44. The first-order valence-electron chi connectivity index (χ1n) is 4.50. The van der Waals surface area contributed by atoms with E-state index in [9.17, 15) is 4.79 Å². The number of halogens is 2. The monoisotopic (exact) mass is 268 g/mol. The molecule has 0 aliphatic rings. The number of hydrogen-bond donors (Lipinski definition) is 1. The highest BCUT2D eigenvalue weighted by atomic mass is 35.5. The van der Waals surface area contributed by atoms with E-state index in [0.717, 1.165) is 0 Å². The molecule has 2 aromatic heterocycles. The molecule has 86 valence electrons. The summed E-state index contributed by atoms with van der Waals surface area (Å²) >= 11 is 11.7. The molecule has 2 heterocycles. The molecule has 0 radical (unpaired) electrons. The first-order valence-corrected chi connectivity index (χ1v) is 5.26. The average molecular weight is 269 g/mol. The second-order valence-electron chi connectivity index (χ2n) is 3.10. The van der Waals surface area contributed by atoms with Crippen LogP contribution in [-0.2, 0) is 0 Å². The fourth-order valence-corrected chi connectivity index (χ4v) is 1.52. The quantitative estimate of drug-likeness (QED) is 0.686. The first kappa shape index (κ1) is 11.8. The molecule has 2 rings (SSSR count). The molecule has 0 atom stereocenters. The van der Waals surface area contributed by atoms with Crippen LogP contribution >= 0.6 is 23.2 Å². The molecule has 0 aromatic carbocycles. The van der Waals surface area contributed by atoms with Crippen molar-refractivity contribution in [1.82, 2.24) is 20.2 Å². The van der Waals surface area contributed by atoms with Gasteiger partial charge in [-0.3, -0.25) is 14.9 Å². The number of pyridine rings is 1. The number of ketones is 1. The van der Waals surface area contributed by atoms with E-state index in [0.29, 0.717) is 0 Å². The molecule has 17 heavy (non-hydrogen) atoms. The Morgan fingerprint density at radius 1 is 1.35 bits per heavy atom. The number of allylic oxidation sites excluding steroid dienone is 1.